The van der Waals surface area contributed by atoms with Crippen LogP contribution >= 0.6 is 0 Å². The lowest BCUT2D eigenvalue weighted by Gasteiger charge is -2.39. The van der Waals surface area contributed by atoms with E-state index in [2.05, 4.69) is 12.2 Å². The molecule has 1 saturated heterocycles. The van der Waals surface area contributed by atoms with E-state index in [0.717, 1.165) is 25.8 Å². The average Bonchev–Trinajstić information content (AvgIpc) is 2.18. The summed E-state index contributed by atoms with van der Waals surface area (Å²) >= 11 is 0. The molecule has 0 aromatic heterocycles. The summed E-state index contributed by atoms with van der Waals surface area (Å²) in [6, 6.07) is 0. The van der Waals surface area contributed by atoms with Crippen molar-refractivity contribution in [2.75, 3.05) is 13.1 Å². The lowest BCUT2D eigenvalue weighted by molar-refractivity contribution is -0.112. The van der Waals surface area contributed by atoms with Crippen LogP contribution in [0.3, 0.4) is 0 Å². The Balaban J connectivity index is 2.37. The highest BCUT2D eigenvalue weighted by atomic mass is 16.2. The number of hydrogen-bond donors (Lipinski definition) is 2. The Bertz CT molecular complexity index is 330. The Kier molecular flexibility index (Phi) is 2.19. The summed E-state index contributed by atoms with van der Waals surface area (Å²) in [6.45, 7) is 3.98. The number of piperidine rings is 1. The first kappa shape index (κ1) is 9.46. The molecule has 1 heterocycles. The third kappa shape index (κ3) is 1.38. The molecule has 1 unspecified atom stereocenters. The van der Waals surface area contributed by atoms with Crippen LogP contribution < -0.4 is 5.32 Å². The molecule has 1 aliphatic carbocycles. The molecule has 1 fully saturated rings. The van der Waals surface area contributed by atoms with Crippen LogP contribution in [0.5, 0.6) is 0 Å². The smallest absolute Gasteiger partial charge is 0.184 e. The Labute approximate surface area is 83.5 Å². The van der Waals surface area contributed by atoms with E-state index >= 15 is 0 Å². The van der Waals surface area contributed by atoms with Crippen molar-refractivity contribution in [1.82, 2.24) is 5.32 Å². The minimum atomic E-state index is -0.0260. The van der Waals surface area contributed by atoms with Crippen LogP contribution in [0.15, 0.2) is 23.5 Å². The fourth-order valence-electron chi connectivity index (χ4n) is 2.29. The van der Waals surface area contributed by atoms with E-state index in [1.807, 2.05) is 0 Å². The summed E-state index contributed by atoms with van der Waals surface area (Å²) in [5.74, 6) is -0.0260. The Morgan fingerprint density at radius 1 is 1.64 bits per heavy atom. The van der Waals surface area contributed by atoms with E-state index in [0.29, 0.717) is 12.0 Å². The van der Waals surface area contributed by atoms with Crippen LogP contribution in [-0.2, 0) is 4.79 Å². The standard InChI is InChI=1S/C11H15NO2/c1-11-5-8(6-13)10(14)4-9(11)2-3-12-7-11/h4,6,12-13H,2-3,5,7H2,1H3/b8-6-. The number of aliphatic hydroxyl groups is 1. The number of carbonyl (C=O) groups is 1. The monoisotopic (exact) mass is 193 g/mol. The number of allylic oxidation sites excluding steroid dienone is 2. The molecule has 14 heavy (non-hydrogen) atoms. The molecule has 0 aromatic rings. The molecule has 0 amide bonds. The number of nitrogens with one attached hydrogen (secondary N) is 1. The fourth-order valence-corrected chi connectivity index (χ4v) is 2.29. The van der Waals surface area contributed by atoms with Crippen LogP contribution in [0.2, 0.25) is 0 Å². The lowest BCUT2D eigenvalue weighted by Crippen LogP contribution is -2.42. The van der Waals surface area contributed by atoms with Gasteiger partial charge in [0.25, 0.3) is 0 Å². The molecule has 1 aliphatic heterocycles. The summed E-state index contributed by atoms with van der Waals surface area (Å²) in [5, 5.41) is 12.3. The van der Waals surface area contributed by atoms with Gasteiger partial charge in [0, 0.05) is 17.5 Å². The van der Waals surface area contributed by atoms with E-state index in [9.17, 15) is 4.79 Å². The van der Waals surface area contributed by atoms with Crippen LogP contribution in [0.4, 0.5) is 0 Å². The second-order valence-electron chi connectivity index (χ2n) is 4.35. The largest absolute Gasteiger partial charge is 0.515 e. The molecule has 0 aromatic carbocycles. The summed E-state index contributed by atoms with van der Waals surface area (Å²) in [7, 11) is 0. The van der Waals surface area contributed by atoms with Gasteiger partial charge in [0.1, 0.15) is 0 Å². The highest BCUT2D eigenvalue weighted by molar-refractivity contribution is 6.05. The summed E-state index contributed by atoms with van der Waals surface area (Å²) < 4.78 is 0. The van der Waals surface area contributed by atoms with Crippen LogP contribution in [0, 0.1) is 5.41 Å². The van der Waals surface area contributed by atoms with Crippen LogP contribution in [0.1, 0.15) is 19.8 Å². The van der Waals surface area contributed by atoms with E-state index in [-0.39, 0.29) is 11.2 Å². The van der Waals surface area contributed by atoms with E-state index in [1.54, 1.807) is 6.08 Å². The maximum absolute atomic E-state index is 11.5. The number of aliphatic hydroxyl groups excluding tert-OH is 1. The van der Waals surface area contributed by atoms with Gasteiger partial charge in [-0.05, 0) is 25.5 Å². The van der Waals surface area contributed by atoms with Crippen LogP contribution in [0.25, 0.3) is 0 Å². The molecule has 2 aliphatic rings. The molecule has 2 rings (SSSR count). The maximum atomic E-state index is 11.5. The van der Waals surface area contributed by atoms with Gasteiger partial charge in [-0.25, -0.2) is 0 Å². The van der Waals surface area contributed by atoms with Gasteiger partial charge >= 0.3 is 0 Å². The Hall–Kier alpha value is -1.09. The Morgan fingerprint density at radius 3 is 3.14 bits per heavy atom. The predicted molar refractivity (Wildman–Crippen MR) is 54.0 cm³/mol. The fraction of sp³-hybridized carbons (Fsp3) is 0.545. The van der Waals surface area contributed by atoms with Gasteiger partial charge in [0.15, 0.2) is 5.78 Å². The highest BCUT2D eigenvalue weighted by Crippen LogP contribution is 2.40. The van der Waals surface area contributed by atoms with E-state index < -0.39 is 0 Å². The van der Waals surface area contributed by atoms with Gasteiger partial charge in [0.2, 0.25) is 0 Å². The number of hydrogen-bond acceptors (Lipinski definition) is 3. The van der Waals surface area contributed by atoms with Gasteiger partial charge in [-0.15, -0.1) is 0 Å². The number of carbonyl (C=O) groups excluding carboxylic acids is 1. The molecule has 0 saturated carbocycles. The minimum absolute atomic E-state index is 0.0260. The van der Waals surface area contributed by atoms with Crippen molar-refractivity contribution in [3.63, 3.8) is 0 Å². The van der Waals surface area contributed by atoms with Crippen molar-refractivity contribution in [1.29, 1.82) is 0 Å². The molecule has 2 N–H and O–H groups in total. The highest BCUT2D eigenvalue weighted by Gasteiger charge is 2.37. The molecule has 1 atom stereocenters. The lowest BCUT2D eigenvalue weighted by atomic mass is 9.69. The van der Waals surface area contributed by atoms with Crippen molar-refractivity contribution < 1.29 is 9.90 Å². The molecule has 76 valence electrons. The van der Waals surface area contributed by atoms with Gasteiger partial charge in [-0.3, -0.25) is 4.79 Å². The molecule has 0 radical (unpaired) electrons. The van der Waals surface area contributed by atoms with Gasteiger partial charge in [-0.2, -0.15) is 0 Å². The van der Waals surface area contributed by atoms with E-state index in [4.69, 9.17) is 5.11 Å². The van der Waals surface area contributed by atoms with E-state index in [1.165, 1.54) is 5.57 Å². The maximum Gasteiger partial charge on any atom is 0.184 e. The van der Waals surface area contributed by atoms with Crippen molar-refractivity contribution in [2.24, 2.45) is 5.41 Å². The molecule has 0 spiro atoms. The van der Waals surface area contributed by atoms with Crippen molar-refractivity contribution >= 4 is 5.78 Å². The molecular weight excluding hydrogens is 178 g/mol. The van der Waals surface area contributed by atoms with Crippen molar-refractivity contribution in [2.45, 2.75) is 19.8 Å². The summed E-state index contributed by atoms with van der Waals surface area (Å²) in [6.07, 6.45) is 4.25. The van der Waals surface area contributed by atoms with Gasteiger partial charge in [-0.1, -0.05) is 12.5 Å². The molecule has 3 heteroatoms. The summed E-state index contributed by atoms with van der Waals surface area (Å²) in [4.78, 5) is 11.5. The number of rotatable bonds is 0. The third-order valence-corrected chi connectivity index (χ3v) is 3.22. The van der Waals surface area contributed by atoms with Crippen LogP contribution in [-0.4, -0.2) is 24.0 Å². The zero-order chi connectivity index (χ0) is 10.2. The Morgan fingerprint density at radius 2 is 2.43 bits per heavy atom. The molecule has 3 nitrogen and oxygen atoms in total. The first-order valence-corrected chi connectivity index (χ1v) is 4.95. The van der Waals surface area contributed by atoms with Gasteiger partial charge in [0.05, 0.1) is 6.26 Å². The molecule has 0 bridgehead atoms. The number of fused-ring (bicyclic) bond motifs is 1. The zero-order valence-corrected chi connectivity index (χ0v) is 8.34. The number of ketones is 1. The predicted octanol–water partition coefficient (Wildman–Crippen LogP) is 1.33. The third-order valence-electron chi connectivity index (χ3n) is 3.22. The van der Waals surface area contributed by atoms with Crippen molar-refractivity contribution in [3.8, 4) is 0 Å². The second-order valence-corrected chi connectivity index (χ2v) is 4.35. The SMILES string of the molecule is CC12CNCCC1=CC(=O)/C(=C\O)C2. The topological polar surface area (TPSA) is 49.3 Å². The zero-order valence-electron chi connectivity index (χ0n) is 8.34. The summed E-state index contributed by atoms with van der Waals surface area (Å²) in [5.41, 5.74) is 1.78. The first-order valence-electron chi connectivity index (χ1n) is 4.95. The minimum Gasteiger partial charge on any atom is -0.515 e. The van der Waals surface area contributed by atoms with Gasteiger partial charge < -0.3 is 10.4 Å². The quantitative estimate of drug-likeness (QED) is 0.450. The van der Waals surface area contributed by atoms with Crippen molar-refractivity contribution in [3.05, 3.63) is 23.5 Å². The normalized spacial score (nSPS) is 35.4. The average molecular weight is 193 g/mol. The first-order chi connectivity index (χ1) is 6.65. The molecular formula is C11H15NO2. The second kappa shape index (κ2) is 3.24.